The number of aliphatic carboxylic acids is 1. The number of methoxy groups -OCH3 is 1. The van der Waals surface area contributed by atoms with Crippen LogP contribution >= 0.6 is 0 Å². The van der Waals surface area contributed by atoms with Gasteiger partial charge in [0.15, 0.2) is 0 Å². The summed E-state index contributed by atoms with van der Waals surface area (Å²) in [6.07, 6.45) is 2.37. The Morgan fingerprint density at radius 1 is 0.784 bits per heavy atom. The van der Waals surface area contributed by atoms with Crippen LogP contribution < -0.4 is 0 Å². The zero-order chi connectivity index (χ0) is 29.2. The van der Waals surface area contributed by atoms with Gasteiger partial charge in [-0.1, -0.05) is 20.8 Å². The van der Waals surface area contributed by atoms with E-state index in [1.807, 2.05) is 0 Å². The highest BCUT2D eigenvalue weighted by Gasteiger charge is 2.74. The Morgan fingerprint density at radius 2 is 1.27 bits per heavy atom. The quantitative estimate of drug-likeness (QED) is 0.331. The molecule has 2 fully saturated rings. The standard InChI is InChI=1S/C29H48O8/c1-23(2,3)37-22(34)29(12,28(11,21(33)35-13)25(6,7)19(30)31)26(8,9)20(32)36-18-16-17-14-15-27(18,10)24(17,4)5/h17-18H,14-16H2,1-13H3,(H,30,31). The molecule has 0 aromatic rings. The molecule has 0 aromatic heterocycles. The molecule has 5 atom stereocenters. The molecular formula is C29H48O8. The predicted molar refractivity (Wildman–Crippen MR) is 138 cm³/mol. The summed E-state index contributed by atoms with van der Waals surface area (Å²) in [5, 5.41) is 10.2. The van der Waals surface area contributed by atoms with Gasteiger partial charge in [-0.15, -0.1) is 0 Å². The van der Waals surface area contributed by atoms with E-state index in [4.69, 9.17) is 14.2 Å². The average molecular weight is 525 g/mol. The Morgan fingerprint density at radius 3 is 1.62 bits per heavy atom. The Balaban J connectivity index is 2.72. The number of rotatable bonds is 8. The van der Waals surface area contributed by atoms with Crippen molar-refractivity contribution in [3.8, 4) is 0 Å². The number of fused-ring (bicyclic) bond motifs is 2. The Hall–Kier alpha value is -2.12. The smallest absolute Gasteiger partial charge is 0.314 e. The molecule has 2 saturated carbocycles. The summed E-state index contributed by atoms with van der Waals surface area (Å²) in [5.41, 5.74) is -8.72. The lowest BCUT2D eigenvalue weighted by molar-refractivity contribution is -0.222. The van der Waals surface area contributed by atoms with Gasteiger partial charge in [0, 0.05) is 5.41 Å². The minimum Gasteiger partial charge on any atom is -0.481 e. The zero-order valence-corrected chi connectivity index (χ0v) is 25.1. The van der Waals surface area contributed by atoms with Crippen LogP contribution in [0.3, 0.4) is 0 Å². The van der Waals surface area contributed by atoms with Gasteiger partial charge in [0.1, 0.15) is 11.7 Å². The number of carboxylic acid groups (broad SMARTS) is 1. The van der Waals surface area contributed by atoms with E-state index >= 15 is 0 Å². The second kappa shape index (κ2) is 8.98. The summed E-state index contributed by atoms with van der Waals surface area (Å²) in [6, 6.07) is 0. The second-order valence-electron chi connectivity index (χ2n) is 14.3. The van der Waals surface area contributed by atoms with E-state index < -0.39 is 51.1 Å². The van der Waals surface area contributed by atoms with Gasteiger partial charge < -0.3 is 19.3 Å². The number of esters is 3. The fraction of sp³-hybridized carbons (Fsp3) is 0.862. The molecule has 0 radical (unpaired) electrons. The summed E-state index contributed by atoms with van der Waals surface area (Å²) in [5.74, 6) is -3.37. The number of hydrogen-bond acceptors (Lipinski definition) is 7. The van der Waals surface area contributed by atoms with Gasteiger partial charge >= 0.3 is 23.9 Å². The normalized spacial score (nSPS) is 28.6. The van der Waals surface area contributed by atoms with Crippen molar-refractivity contribution in [2.24, 2.45) is 38.4 Å². The van der Waals surface area contributed by atoms with Crippen molar-refractivity contribution in [2.75, 3.05) is 7.11 Å². The highest BCUT2D eigenvalue weighted by atomic mass is 16.6. The fourth-order valence-corrected chi connectivity index (χ4v) is 6.76. The maximum Gasteiger partial charge on any atom is 0.314 e. The fourth-order valence-electron chi connectivity index (χ4n) is 6.76. The van der Waals surface area contributed by atoms with Crippen LogP contribution in [0.2, 0.25) is 0 Å². The van der Waals surface area contributed by atoms with Crippen molar-refractivity contribution in [3.63, 3.8) is 0 Å². The van der Waals surface area contributed by atoms with Crippen LogP contribution in [0.1, 0.15) is 102 Å². The van der Waals surface area contributed by atoms with E-state index in [-0.39, 0.29) is 16.9 Å². The Kier molecular flexibility index (Phi) is 7.54. The summed E-state index contributed by atoms with van der Waals surface area (Å²) >= 11 is 0. The third kappa shape index (κ3) is 4.17. The van der Waals surface area contributed by atoms with Crippen molar-refractivity contribution in [2.45, 2.75) is 114 Å². The van der Waals surface area contributed by atoms with Crippen LogP contribution in [0.5, 0.6) is 0 Å². The van der Waals surface area contributed by atoms with Gasteiger partial charge in [0.2, 0.25) is 0 Å². The van der Waals surface area contributed by atoms with Gasteiger partial charge in [-0.2, -0.15) is 0 Å². The number of carbonyl (C=O) groups is 4. The van der Waals surface area contributed by atoms with Crippen molar-refractivity contribution < 1.29 is 38.5 Å². The zero-order valence-electron chi connectivity index (χ0n) is 25.1. The van der Waals surface area contributed by atoms with E-state index in [2.05, 4.69) is 20.8 Å². The van der Waals surface area contributed by atoms with Crippen molar-refractivity contribution >= 4 is 23.9 Å². The largest absolute Gasteiger partial charge is 0.481 e. The van der Waals surface area contributed by atoms with Crippen molar-refractivity contribution in [1.82, 2.24) is 0 Å². The van der Waals surface area contributed by atoms with E-state index in [1.54, 1.807) is 20.8 Å². The van der Waals surface area contributed by atoms with Crippen LogP contribution in [-0.2, 0) is 33.4 Å². The van der Waals surface area contributed by atoms with Crippen molar-refractivity contribution in [3.05, 3.63) is 0 Å². The highest BCUT2D eigenvalue weighted by Crippen LogP contribution is 2.67. The molecule has 2 rings (SSSR count). The molecule has 0 saturated heterocycles. The van der Waals surface area contributed by atoms with Crippen LogP contribution in [0.25, 0.3) is 0 Å². The topological polar surface area (TPSA) is 116 Å². The van der Waals surface area contributed by atoms with E-state index in [0.29, 0.717) is 5.92 Å². The average Bonchev–Trinajstić information content (AvgIpc) is 3.09. The van der Waals surface area contributed by atoms with Crippen LogP contribution in [0, 0.1) is 38.4 Å². The molecular weight excluding hydrogens is 476 g/mol. The molecule has 8 heteroatoms. The van der Waals surface area contributed by atoms with Crippen LogP contribution in [-0.4, -0.2) is 47.8 Å². The van der Waals surface area contributed by atoms with E-state index in [0.717, 1.165) is 26.4 Å². The minimum atomic E-state index is -2.02. The molecule has 2 bridgehead atoms. The van der Waals surface area contributed by atoms with E-state index in [1.165, 1.54) is 41.5 Å². The molecule has 0 spiro atoms. The second-order valence-corrected chi connectivity index (χ2v) is 14.3. The molecule has 8 nitrogen and oxygen atoms in total. The van der Waals surface area contributed by atoms with Crippen LogP contribution in [0.15, 0.2) is 0 Å². The Bertz CT molecular complexity index is 971. The predicted octanol–water partition coefficient (Wildman–Crippen LogP) is 5.41. The minimum absolute atomic E-state index is 0.0115. The van der Waals surface area contributed by atoms with Gasteiger partial charge in [0.05, 0.1) is 28.8 Å². The number of carbonyl (C=O) groups excluding carboxylic acids is 3. The lowest BCUT2D eigenvalue weighted by Gasteiger charge is -2.55. The first kappa shape index (κ1) is 31.1. The van der Waals surface area contributed by atoms with Gasteiger partial charge in [-0.3, -0.25) is 19.2 Å². The summed E-state index contributed by atoms with van der Waals surface area (Å²) in [6.45, 7) is 20.1. The molecule has 2 aliphatic rings. The molecule has 2 aliphatic carbocycles. The third-order valence-corrected chi connectivity index (χ3v) is 10.9. The number of hydrogen-bond donors (Lipinski definition) is 1. The summed E-state index contributed by atoms with van der Waals surface area (Å²) < 4.78 is 17.1. The monoisotopic (exact) mass is 524 g/mol. The molecule has 5 unspecified atom stereocenters. The first-order chi connectivity index (χ1) is 16.4. The molecule has 0 aromatic carbocycles. The first-order valence-corrected chi connectivity index (χ1v) is 13.2. The molecule has 0 aliphatic heterocycles. The molecule has 212 valence electrons. The van der Waals surface area contributed by atoms with Gasteiger partial charge in [-0.05, 0) is 92.9 Å². The van der Waals surface area contributed by atoms with E-state index in [9.17, 15) is 24.3 Å². The number of carboxylic acids is 1. The first-order valence-electron chi connectivity index (χ1n) is 13.2. The maximum atomic E-state index is 14.1. The molecule has 0 amide bonds. The number of ether oxygens (including phenoxy) is 3. The lowest BCUT2D eigenvalue weighted by atomic mass is 9.45. The van der Waals surface area contributed by atoms with Gasteiger partial charge in [0.25, 0.3) is 0 Å². The summed E-state index contributed by atoms with van der Waals surface area (Å²) in [7, 11) is 1.14. The van der Waals surface area contributed by atoms with Crippen molar-refractivity contribution in [1.29, 1.82) is 0 Å². The summed E-state index contributed by atoms with van der Waals surface area (Å²) in [4.78, 5) is 54.2. The molecule has 37 heavy (non-hydrogen) atoms. The highest BCUT2D eigenvalue weighted by molar-refractivity contribution is 5.97. The van der Waals surface area contributed by atoms with Gasteiger partial charge in [-0.25, -0.2) is 0 Å². The third-order valence-electron chi connectivity index (χ3n) is 10.9. The van der Waals surface area contributed by atoms with Crippen LogP contribution in [0.4, 0.5) is 0 Å². The Labute approximate surface area is 222 Å². The lowest BCUT2D eigenvalue weighted by Crippen LogP contribution is -2.67. The molecule has 0 heterocycles. The SMILES string of the molecule is COC(=O)C(C)(C(C)(C)C(=O)O)C(C)(C(=O)OC(C)(C)C)C(C)(C)C(=O)OC1CC2CCC1(C)C2(C)C. The maximum absolute atomic E-state index is 14.1. The molecule has 1 N–H and O–H groups in total.